The fourth-order valence-electron chi connectivity index (χ4n) is 2.67. The minimum Gasteiger partial charge on any atom is -0.343 e. The van der Waals surface area contributed by atoms with E-state index >= 15 is 0 Å². The second-order valence-electron chi connectivity index (χ2n) is 5.32. The van der Waals surface area contributed by atoms with E-state index in [4.69, 9.17) is 0 Å². The van der Waals surface area contributed by atoms with Gasteiger partial charge < -0.3 is 4.90 Å². The third-order valence-electron chi connectivity index (χ3n) is 3.86. The van der Waals surface area contributed by atoms with Crippen LogP contribution in [-0.2, 0) is 4.79 Å². The van der Waals surface area contributed by atoms with Crippen molar-refractivity contribution in [2.45, 2.75) is 26.2 Å². The van der Waals surface area contributed by atoms with Crippen LogP contribution in [0.25, 0.3) is 0 Å². The summed E-state index contributed by atoms with van der Waals surface area (Å²) in [6, 6.07) is 0. The molecule has 1 saturated heterocycles. The van der Waals surface area contributed by atoms with Crippen molar-refractivity contribution in [2.24, 2.45) is 11.8 Å². The molecule has 3 heteroatoms. The van der Waals surface area contributed by atoms with E-state index in [1.165, 1.54) is 19.3 Å². The van der Waals surface area contributed by atoms with Crippen molar-refractivity contribution in [3.05, 3.63) is 0 Å². The maximum atomic E-state index is 11.5. The van der Waals surface area contributed by atoms with Gasteiger partial charge in [0.1, 0.15) is 0 Å². The molecular weight excluding hydrogens is 188 g/mol. The average Bonchev–Trinajstić information content (AvgIpc) is 2.16. The molecule has 0 unspecified atom stereocenters. The van der Waals surface area contributed by atoms with E-state index in [-0.39, 0.29) is 5.91 Å². The van der Waals surface area contributed by atoms with Gasteiger partial charge in [0.15, 0.2) is 0 Å². The van der Waals surface area contributed by atoms with E-state index in [0.29, 0.717) is 6.54 Å². The first-order chi connectivity index (χ1) is 7.15. The lowest BCUT2D eigenvalue weighted by Gasteiger charge is -2.36. The van der Waals surface area contributed by atoms with Gasteiger partial charge in [-0.25, -0.2) is 0 Å². The third kappa shape index (κ3) is 2.71. The SMILES string of the molecule is CC1CC(CCN2CCN(C)C(=O)C2)C1. The summed E-state index contributed by atoms with van der Waals surface area (Å²) in [6.45, 7) is 6.05. The van der Waals surface area contributed by atoms with Crippen molar-refractivity contribution < 1.29 is 4.79 Å². The molecule has 86 valence electrons. The predicted molar refractivity (Wildman–Crippen MR) is 60.6 cm³/mol. The van der Waals surface area contributed by atoms with Crippen LogP contribution in [0, 0.1) is 11.8 Å². The molecule has 0 N–H and O–H groups in total. The van der Waals surface area contributed by atoms with Gasteiger partial charge >= 0.3 is 0 Å². The van der Waals surface area contributed by atoms with Gasteiger partial charge in [-0.1, -0.05) is 6.92 Å². The van der Waals surface area contributed by atoms with E-state index in [0.717, 1.165) is 31.5 Å². The van der Waals surface area contributed by atoms with E-state index < -0.39 is 0 Å². The van der Waals surface area contributed by atoms with Crippen molar-refractivity contribution in [1.29, 1.82) is 0 Å². The number of carbonyl (C=O) groups excluding carboxylic acids is 1. The molecule has 3 nitrogen and oxygen atoms in total. The highest BCUT2D eigenvalue weighted by atomic mass is 16.2. The fourth-order valence-corrected chi connectivity index (χ4v) is 2.67. The normalized spacial score (nSPS) is 32.9. The Bertz CT molecular complexity index is 236. The third-order valence-corrected chi connectivity index (χ3v) is 3.86. The number of hydrogen-bond donors (Lipinski definition) is 0. The van der Waals surface area contributed by atoms with Gasteiger partial charge in [-0.2, -0.15) is 0 Å². The molecule has 0 aromatic carbocycles. The number of nitrogens with zero attached hydrogens (tertiary/aromatic N) is 2. The summed E-state index contributed by atoms with van der Waals surface area (Å²) < 4.78 is 0. The molecule has 0 atom stereocenters. The van der Waals surface area contributed by atoms with Crippen LogP contribution in [0.5, 0.6) is 0 Å². The van der Waals surface area contributed by atoms with Crippen molar-refractivity contribution >= 4 is 5.91 Å². The molecule has 2 fully saturated rings. The van der Waals surface area contributed by atoms with Crippen molar-refractivity contribution in [2.75, 3.05) is 33.2 Å². The number of amides is 1. The molecule has 1 amide bonds. The molecule has 0 aromatic rings. The lowest BCUT2D eigenvalue weighted by atomic mass is 9.74. The highest BCUT2D eigenvalue weighted by Crippen LogP contribution is 2.35. The van der Waals surface area contributed by atoms with Crippen LogP contribution < -0.4 is 0 Å². The van der Waals surface area contributed by atoms with Gasteiger partial charge in [0, 0.05) is 20.1 Å². The zero-order chi connectivity index (χ0) is 10.8. The van der Waals surface area contributed by atoms with Crippen molar-refractivity contribution in [3.63, 3.8) is 0 Å². The van der Waals surface area contributed by atoms with Crippen LogP contribution in [0.2, 0.25) is 0 Å². The van der Waals surface area contributed by atoms with Gasteiger partial charge in [-0.15, -0.1) is 0 Å². The van der Waals surface area contributed by atoms with Crippen LogP contribution in [0.15, 0.2) is 0 Å². The van der Waals surface area contributed by atoms with Crippen molar-refractivity contribution in [1.82, 2.24) is 9.80 Å². The largest absolute Gasteiger partial charge is 0.343 e. The smallest absolute Gasteiger partial charge is 0.236 e. The highest BCUT2D eigenvalue weighted by molar-refractivity contribution is 5.78. The van der Waals surface area contributed by atoms with E-state index in [9.17, 15) is 4.79 Å². The summed E-state index contributed by atoms with van der Waals surface area (Å²) in [5.41, 5.74) is 0. The quantitative estimate of drug-likeness (QED) is 0.699. The second-order valence-corrected chi connectivity index (χ2v) is 5.32. The first-order valence-corrected chi connectivity index (χ1v) is 6.11. The topological polar surface area (TPSA) is 23.6 Å². The molecular formula is C12H22N2O. The van der Waals surface area contributed by atoms with Gasteiger partial charge in [-0.05, 0) is 37.6 Å². The maximum Gasteiger partial charge on any atom is 0.236 e. The molecule has 2 rings (SSSR count). The zero-order valence-corrected chi connectivity index (χ0v) is 9.91. The lowest BCUT2D eigenvalue weighted by molar-refractivity contribution is -0.134. The second kappa shape index (κ2) is 4.52. The lowest BCUT2D eigenvalue weighted by Crippen LogP contribution is -2.49. The predicted octanol–water partition coefficient (Wildman–Crippen LogP) is 1.20. The highest BCUT2D eigenvalue weighted by Gasteiger charge is 2.27. The molecule has 0 bridgehead atoms. The van der Waals surface area contributed by atoms with Gasteiger partial charge in [0.05, 0.1) is 6.54 Å². The Balaban J connectivity index is 1.65. The molecule has 0 spiro atoms. The average molecular weight is 210 g/mol. The first kappa shape index (κ1) is 10.9. The van der Waals surface area contributed by atoms with Gasteiger partial charge in [0.25, 0.3) is 0 Å². The van der Waals surface area contributed by atoms with Crippen LogP contribution in [0.3, 0.4) is 0 Å². The summed E-state index contributed by atoms with van der Waals surface area (Å²) >= 11 is 0. The molecule has 15 heavy (non-hydrogen) atoms. The van der Waals surface area contributed by atoms with Crippen LogP contribution in [0.1, 0.15) is 26.2 Å². The summed E-state index contributed by atoms with van der Waals surface area (Å²) in [5.74, 6) is 2.17. The monoisotopic (exact) mass is 210 g/mol. The first-order valence-electron chi connectivity index (χ1n) is 6.11. The number of piperazine rings is 1. The van der Waals surface area contributed by atoms with Crippen LogP contribution in [-0.4, -0.2) is 48.9 Å². The summed E-state index contributed by atoms with van der Waals surface area (Å²) in [6.07, 6.45) is 4.10. The summed E-state index contributed by atoms with van der Waals surface area (Å²) in [4.78, 5) is 15.6. The molecule has 0 aromatic heterocycles. The number of hydrogen-bond acceptors (Lipinski definition) is 2. The van der Waals surface area contributed by atoms with Gasteiger partial charge in [0.2, 0.25) is 5.91 Å². The number of carbonyl (C=O) groups is 1. The maximum absolute atomic E-state index is 11.5. The Hall–Kier alpha value is -0.570. The summed E-state index contributed by atoms with van der Waals surface area (Å²) in [5, 5.41) is 0. The number of rotatable bonds is 3. The Labute approximate surface area is 92.4 Å². The molecule has 1 saturated carbocycles. The Morgan fingerprint density at radius 1 is 1.33 bits per heavy atom. The van der Waals surface area contributed by atoms with Crippen LogP contribution in [0.4, 0.5) is 0 Å². The van der Waals surface area contributed by atoms with E-state index in [2.05, 4.69) is 11.8 Å². The summed E-state index contributed by atoms with van der Waals surface area (Å²) in [7, 11) is 1.90. The Kier molecular flexibility index (Phi) is 3.29. The zero-order valence-electron chi connectivity index (χ0n) is 9.91. The Morgan fingerprint density at radius 3 is 2.67 bits per heavy atom. The molecule has 2 aliphatic rings. The van der Waals surface area contributed by atoms with E-state index in [1.54, 1.807) is 0 Å². The van der Waals surface area contributed by atoms with Crippen LogP contribution >= 0.6 is 0 Å². The Morgan fingerprint density at radius 2 is 2.07 bits per heavy atom. The van der Waals surface area contributed by atoms with Crippen molar-refractivity contribution in [3.8, 4) is 0 Å². The molecule has 1 aliphatic carbocycles. The molecule has 1 heterocycles. The minimum absolute atomic E-state index is 0.281. The fraction of sp³-hybridized carbons (Fsp3) is 0.917. The van der Waals surface area contributed by atoms with E-state index in [1.807, 2.05) is 11.9 Å². The standard InChI is InChI=1S/C12H22N2O/c1-10-7-11(8-10)3-4-14-6-5-13(2)12(15)9-14/h10-11H,3-9H2,1-2H3. The minimum atomic E-state index is 0.281. The number of likely N-dealkylation sites (N-methyl/N-ethyl adjacent to an activating group) is 1. The molecule has 0 radical (unpaired) electrons. The molecule has 1 aliphatic heterocycles. The van der Waals surface area contributed by atoms with Gasteiger partial charge in [-0.3, -0.25) is 9.69 Å².